The van der Waals surface area contributed by atoms with E-state index >= 15 is 0 Å². The average Bonchev–Trinajstić information content (AvgIpc) is 3.24. The lowest BCUT2D eigenvalue weighted by Crippen LogP contribution is -2.11. The number of aryl methyl sites for hydroxylation is 1. The maximum absolute atomic E-state index is 11.4. The summed E-state index contributed by atoms with van der Waals surface area (Å²) in [5.41, 5.74) is -0.173. The van der Waals surface area contributed by atoms with Gasteiger partial charge >= 0.3 is 5.69 Å². The van der Waals surface area contributed by atoms with Gasteiger partial charge in [-0.25, -0.2) is 19.9 Å². The van der Waals surface area contributed by atoms with Gasteiger partial charge in [0.15, 0.2) is 0 Å². The smallest absolute Gasteiger partial charge is 0.354 e. The highest BCUT2D eigenvalue weighted by atomic mass is 16.6. The number of imidazole rings is 2. The Hall–Kier alpha value is -3.30. The first-order valence-corrected chi connectivity index (χ1v) is 6.93. The molecule has 0 aromatic carbocycles. The molecule has 0 saturated carbocycles. The van der Waals surface area contributed by atoms with Gasteiger partial charge in [-0.05, 0) is 6.42 Å². The molecule has 10 heteroatoms. The Kier molecular flexibility index (Phi) is 4.22. The second kappa shape index (κ2) is 6.64. The monoisotopic (exact) mass is 314 g/mol. The van der Waals surface area contributed by atoms with Crippen molar-refractivity contribution >= 4 is 11.5 Å². The van der Waals surface area contributed by atoms with Crippen LogP contribution in [0.15, 0.2) is 43.8 Å². The normalized spacial score (nSPS) is 10.6. The molecular weight excluding hydrogens is 300 g/mol. The highest BCUT2D eigenvalue weighted by molar-refractivity contribution is 5.63. The quantitative estimate of drug-likeness (QED) is 0.396. The molecule has 0 spiro atoms. The molecule has 0 atom stereocenters. The fraction of sp³-hybridized carbons (Fsp3) is 0.231. The van der Waals surface area contributed by atoms with Crippen molar-refractivity contribution in [3.05, 3.63) is 53.9 Å². The summed E-state index contributed by atoms with van der Waals surface area (Å²) in [4.78, 5) is 26.7. The van der Waals surface area contributed by atoms with Crippen LogP contribution in [0.5, 0.6) is 0 Å². The lowest BCUT2D eigenvalue weighted by molar-refractivity contribution is -0.384. The number of anilines is 1. The molecular formula is C13H14N8O2. The maximum atomic E-state index is 11.4. The molecule has 0 bridgehead atoms. The number of nitrogens with zero attached hydrogens (tertiary/aromatic N) is 7. The van der Waals surface area contributed by atoms with E-state index in [2.05, 4.69) is 25.3 Å². The van der Waals surface area contributed by atoms with Crippen molar-refractivity contribution in [2.24, 2.45) is 0 Å². The van der Waals surface area contributed by atoms with Gasteiger partial charge in [-0.2, -0.15) is 0 Å². The Balaban J connectivity index is 1.73. The Morgan fingerprint density at radius 2 is 2.00 bits per heavy atom. The summed E-state index contributed by atoms with van der Waals surface area (Å²) >= 11 is 0. The third kappa shape index (κ3) is 3.31. The van der Waals surface area contributed by atoms with E-state index in [9.17, 15) is 10.1 Å². The van der Waals surface area contributed by atoms with Gasteiger partial charge < -0.3 is 9.88 Å². The minimum Gasteiger partial charge on any atom is -0.364 e. The largest absolute Gasteiger partial charge is 0.364 e. The first-order chi connectivity index (χ1) is 11.3. The van der Waals surface area contributed by atoms with Gasteiger partial charge in [0.1, 0.15) is 12.7 Å². The predicted octanol–water partition coefficient (Wildman–Crippen LogP) is 1.27. The predicted molar refractivity (Wildman–Crippen MR) is 81.1 cm³/mol. The lowest BCUT2D eigenvalue weighted by Gasteiger charge is -2.09. The summed E-state index contributed by atoms with van der Waals surface area (Å²) < 4.78 is 3.42. The van der Waals surface area contributed by atoms with Gasteiger partial charge in [-0.3, -0.25) is 14.7 Å². The second-order valence-electron chi connectivity index (χ2n) is 4.70. The zero-order valence-corrected chi connectivity index (χ0v) is 12.1. The van der Waals surface area contributed by atoms with Crippen LogP contribution in [-0.2, 0) is 6.54 Å². The van der Waals surface area contributed by atoms with Gasteiger partial charge in [0.25, 0.3) is 0 Å². The number of hydrogen-bond acceptors (Lipinski definition) is 7. The second-order valence-corrected chi connectivity index (χ2v) is 4.70. The third-order valence-electron chi connectivity index (χ3n) is 3.18. The van der Waals surface area contributed by atoms with Crippen LogP contribution in [0.3, 0.4) is 0 Å². The molecule has 23 heavy (non-hydrogen) atoms. The molecule has 3 aromatic heterocycles. The van der Waals surface area contributed by atoms with E-state index < -0.39 is 4.92 Å². The Labute approximate surface area is 131 Å². The summed E-state index contributed by atoms with van der Waals surface area (Å²) in [6.07, 6.45) is 12.0. The van der Waals surface area contributed by atoms with E-state index in [1.54, 1.807) is 18.7 Å². The molecule has 3 rings (SSSR count). The fourth-order valence-corrected chi connectivity index (χ4v) is 2.13. The van der Waals surface area contributed by atoms with Crippen LogP contribution in [0.1, 0.15) is 6.42 Å². The number of rotatable bonds is 7. The fourth-order valence-electron chi connectivity index (χ4n) is 2.13. The van der Waals surface area contributed by atoms with E-state index in [1.807, 2.05) is 10.8 Å². The summed E-state index contributed by atoms with van der Waals surface area (Å²) in [6.45, 7) is 1.31. The zero-order valence-electron chi connectivity index (χ0n) is 12.1. The van der Waals surface area contributed by atoms with Crippen molar-refractivity contribution in [3.8, 4) is 5.82 Å². The molecule has 0 unspecified atom stereocenters. The van der Waals surface area contributed by atoms with Crippen molar-refractivity contribution in [2.45, 2.75) is 13.0 Å². The minimum absolute atomic E-state index is 0.173. The van der Waals surface area contributed by atoms with Crippen LogP contribution in [0.2, 0.25) is 0 Å². The van der Waals surface area contributed by atoms with Crippen LogP contribution in [0, 0.1) is 10.1 Å². The van der Waals surface area contributed by atoms with Crippen molar-refractivity contribution in [1.82, 2.24) is 29.1 Å². The molecule has 0 aliphatic rings. The van der Waals surface area contributed by atoms with Crippen molar-refractivity contribution < 1.29 is 4.92 Å². The topological polar surface area (TPSA) is 117 Å². The van der Waals surface area contributed by atoms with Crippen LogP contribution in [0.4, 0.5) is 11.5 Å². The molecule has 0 amide bonds. The first kappa shape index (κ1) is 14.6. The summed E-state index contributed by atoms with van der Waals surface area (Å²) in [5, 5.41) is 14.4. The first-order valence-electron chi connectivity index (χ1n) is 6.93. The molecule has 3 aromatic rings. The number of nitrogens with one attached hydrogen (secondary N) is 1. The highest BCUT2D eigenvalue weighted by Crippen LogP contribution is 2.27. The van der Waals surface area contributed by atoms with E-state index in [0.717, 1.165) is 13.0 Å². The van der Waals surface area contributed by atoms with Crippen LogP contribution in [0.25, 0.3) is 5.82 Å². The van der Waals surface area contributed by atoms with Crippen LogP contribution < -0.4 is 5.32 Å². The molecule has 3 heterocycles. The lowest BCUT2D eigenvalue weighted by atomic mass is 10.3. The molecule has 118 valence electrons. The molecule has 0 aliphatic heterocycles. The van der Waals surface area contributed by atoms with E-state index in [4.69, 9.17) is 0 Å². The van der Waals surface area contributed by atoms with Gasteiger partial charge in [-0.15, -0.1) is 0 Å². The number of hydrogen-bond donors (Lipinski definition) is 1. The maximum Gasteiger partial charge on any atom is 0.354 e. The Bertz CT molecular complexity index is 769. The summed E-state index contributed by atoms with van der Waals surface area (Å²) in [5.74, 6) is 0.374. The van der Waals surface area contributed by atoms with Crippen LogP contribution in [-0.4, -0.2) is 40.5 Å². The third-order valence-corrected chi connectivity index (χ3v) is 3.18. The van der Waals surface area contributed by atoms with Gasteiger partial charge in [0.05, 0.1) is 11.3 Å². The summed E-state index contributed by atoms with van der Waals surface area (Å²) in [6, 6.07) is 0. The van der Waals surface area contributed by atoms with Gasteiger partial charge in [-0.1, -0.05) is 0 Å². The SMILES string of the molecule is O=[N+]([O-])c1c(NCCCn2ccnc2)ncnc1-n1ccnc1. The molecule has 1 N–H and O–H groups in total. The van der Waals surface area contributed by atoms with Crippen LogP contribution >= 0.6 is 0 Å². The van der Waals surface area contributed by atoms with E-state index in [0.29, 0.717) is 6.54 Å². The van der Waals surface area contributed by atoms with Gasteiger partial charge in [0.2, 0.25) is 11.6 Å². The number of aromatic nitrogens is 6. The van der Waals surface area contributed by atoms with Crippen molar-refractivity contribution in [3.63, 3.8) is 0 Å². The molecule has 0 fully saturated rings. The molecule has 0 aliphatic carbocycles. The molecule has 10 nitrogen and oxygen atoms in total. The Morgan fingerprint density at radius 1 is 1.17 bits per heavy atom. The standard InChI is InChI=1S/C13H14N8O2/c22-21(23)11-12(16-2-1-5-19-6-3-14-9-19)17-8-18-13(11)20-7-4-15-10-20/h3-4,6-10H,1-2,5H2,(H,16,17,18). The highest BCUT2D eigenvalue weighted by Gasteiger charge is 2.23. The van der Waals surface area contributed by atoms with E-state index in [-0.39, 0.29) is 17.3 Å². The average molecular weight is 314 g/mol. The number of nitro groups is 1. The minimum atomic E-state index is -0.493. The van der Waals surface area contributed by atoms with E-state index in [1.165, 1.54) is 23.4 Å². The molecule has 0 radical (unpaired) electrons. The zero-order chi connectivity index (χ0) is 16.1. The van der Waals surface area contributed by atoms with Crippen molar-refractivity contribution in [2.75, 3.05) is 11.9 Å². The Morgan fingerprint density at radius 3 is 2.70 bits per heavy atom. The molecule has 0 saturated heterocycles. The van der Waals surface area contributed by atoms with Crippen molar-refractivity contribution in [1.29, 1.82) is 0 Å². The van der Waals surface area contributed by atoms with Gasteiger partial charge in [0, 0.05) is 37.9 Å². The summed E-state index contributed by atoms with van der Waals surface area (Å²) in [7, 11) is 0.